The maximum Gasteiger partial charge on any atom is 0.490 e. The fourth-order valence-electron chi connectivity index (χ4n) is 3.14. The van der Waals surface area contributed by atoms with Crippen molar-refractivity contribution in [2.24, 2.45) is 0 Å². The third-order valence-electron chi connectivity index (χ3n) is 5.07. The van der Waals surface area contributed by atoms with Crippen molar-refractivity contribution in [3.8, 4) is 5.75 Å². The molecule has 0 atom stereocenters. The first-order valence-electron chi connectivity index (χ1n) is 10.4. The molecule has 33 heavy (non-hydrogen) atoms. The number of carboxylic acid groups (broad SMARTS) is 1. The van der Waals surface area contributed by atoms with Gasteiger partial charge in [0.2, 0.25) is 5.28 Å². The van der Waals surface area contributed by atoms with Crippen molar-refractivity contribution in [3.05, 3.63) is 45.9 Å². The smallest absolute Gasteiger partial charge is 0.488 e. The SMILES string of the molecule is Cc1ccc(C(C)C)cc1OCc1c(C)nc(Cl)nc1N1CCNCC1.O=C(O)C(F)(F)F. The molecule has 0 bridgehead atoms. The van der Waals surface area contributed by atoms with E-state index in [0.717, 1.165) is 54.6 Å². The van der Waals surface area contributed by atoms with Gasteiger partial charge in [0.05, 0.1) is 11.3 Å². The van der Waals surface area contributed by atoms with Gasteiger partial charge in [-0.3, -0.25) is 0 Å². The number of aromatic nitrogens is 2. The summed E-state index contributed by atoms with van der Waals surface area (Å²) in [6, 6.07) is 6.42. The van der Waals surface area contributed by atoms with E-state index in [2.05, 4.69) is 59.2 Å². The summed E-state index contributed by atoms with van der Waals surface area (Å²) in [4.78, 5) is 20.0. The number of benzene rings is 1. The summed E-state index contributed by atoms with van der Waals surface area (Å²) in [5, 5.41) is 10.8. The molecule has 0 unspecified atom stereocenters. The molecule has 182 valence electrons. The molecule has 1 aromatic carbocycles. The Hall–Kier alpha value is -2.59. The van der Waals surface area contributed by atoms with Crippen molar-refractivity contribution in [2.75, 3.05) is 31.1 Å². The molecule has 0 spiro atoms. The van der Waals surface area contributed by atoms with E-state index < -0.39 is 12.1 Å². The minimum atomic E-state index is -5.08. The lowest BCUT2D eigenvalue weighted by Gasteiger charge is -2.30. The Morgan fingerprint density at radius 3 is 2.39 bits per heavy atom. The van der Waals surface area contributed by atoms with Crippen LogP contribution in [0.5, 0.6) is 5.75 Å². The van der Waals surface area contributed by atoms with Gasteiger partial charge in [-0.15, -0.1) is 0 Å². The van der Waals surface area contributed by atoms with Crippen LogP contribution in [0, 0.1) is 13.8 Å². The highest BCUT2D eigenvalue weighted by Crippen LogP contribution is 2.28. The van der Waals surface area contributed by atoms with Gasteiger partial charge in [-0.2, -0.15) is 13.2 Å². The quantitative estimate of drug-likeness (QED) is 0.599. The Morgan fingerprint density at radius 1 is 1.24 bits per heavy atom. The normalized spacial score (nSPS) is 14.0. The van der Waals surface area contributed by atoms with E-state index in [9.17, 15) is 13.2 Å². The van der Waals surface area contributed by atoms with Crippen LogP contribution in [0.15, 0.2) is 18.2 Å². The van der Waals surface area contributed by atoms with Crippen molar-refractivity contribution in [1.29, 1.82) is 0 Å². The Labute approximate surface area is 195 Å². The third kappa shape index (κ3) is 7.75. The number of anilines is 1. The van der Waals surface area contributed by atoms with Gasteiger partial charge in [-0.25, -0.2) is 14.8 Å². The molecule has 1 fully saturated rings. The molecule has 1 aliphatic heterocycles. The topological polar surface area (TPSA) is 87.6 Å². The fourth-order valence-corrected chi connectivity index (χ4v) is 3.34. The van der Waals surface area contributed by atoms with E-state index in [1.54, 1.807) is 0 Å². The molecule has 1 aliphatic rings. The minimum Gasteiger partial charge on any atom is -0.488 e. The Morgan fingerprint density at radius 2 is 1.85 bits per heavy atom. The highest BCUT2D eigenvalue weighted by atomic mass is 35.5. The molecule has 3 rings (SSSR count). The van der Waals surface area contributed by atoms with Crippen molar-refractivity contribution < 1.29 is 27.8 Å². The summed E-state index contributed by atoms with van der Waals surface area (Å²) in [7, 11) is 0. The van der Waals surface area contributed by atoms with Gasteiger partial charge in [-0.1, -0.05) is 26.0 Å². The Kier molecular flexibility index (Phi) is 9.30. The van der Waals surface area contributed by atoms with Crippen molar-refractivity contribution in [3.63, 3.8) is 0 Å². The monoisotopic (exact) mass is 488 g/mol. The number of aliphatic carboxylic acids is 1. The number of piperazine rings is 1. The first-order chi connectivity index (χ1) is 15.4. The molecule has 2 aromatic rings. The number of carboxylic acids is 1. The fraction of sp³-hybridized carbons (Fsp3) is 0.500. The number of carbonyl (C=O) groups is 1. The highest BCUT2D eigenvalue weighted by molar-refractivity contribution is 6.28. The molecule has 0 aliphatic carbocycles. The lowest BCUT2D eigenvalue weighted by atomic mass is 10.0. The Balaban J connectivity index is 0.000000479. The number of alkyl halides is 3. The second-order valence-electron chi connectivity index (χ2n) is 7.89. The number of nitrogens with zero attached hydrogens (tertiary/aromatic N) is 3. The molecule has 0 saturated carbocycles. The molecule has 1 saturated heterocycles. The van der Waals surface area contributed by atoms with Crippen molar-refractivity contribution in [2.45, 2.75) is 46.4 Å². The lowest BCUT2D eigenvalue weighted by molar-refractivity contribution is -0.192. The van der Waals surface area contributed by atoms with Gasteiger partial charge in [0.15, 0.2) is 0 Å². The average molecular weight is 489 g/mol. The van der Waals surface area contributed by atoms with Crippen molar-refractivity contribution in [1.82, 2.24) is 15.3 Å². The van der Waals surface area contributed by atoms with Gasteiger partial charge in [0.25, 0.3) is 0 Å². The second kappa shape index (κ2) is 11.5. The van der Waals surface area contributed by atoms with Crippen molar-refractivity contribution >= 4 is 23.4 Å². The van der Waals surface area contributed by atoms with Crippen LogP contribution in [0.2, 0.25) is 5.28 Å². The highest BCUT2D eigenvalue weighted by Gasteiger charge is 2.38. The van der Waals surface area contributed by atoms with E-state index in [1.807, 2.05) is 6.92 Å². The van der Waals surface area contributed by atoms with E-state index in [-0.39, 0.29) is 5.28 Å². The van der Waals surface area contributed by atoms with Gasteiger partial charge in [-0.05, 0) is 48.6 Å². The summed E-state index contributed by atoms with van der Waals surface area (Å²) in [6.45, 7) is 12.5. The molecule has 7 nitrogen and oxygen atoms in total. The van der Waals surface area contributed by atoms with Crippen LogP contribution in [0.4, 0.5) is 19.0 Å². The van der Waals surface area contributed by atoms with Crippen LogP contribution in [0.25, 0.3) is 0 Å². The third-order valence-corrected chi connectivity index (χ3v) is 5.24. The number of hydrogen-bond donors (Lipinski definition) is 2. The lowest BCUT2D eigenvalue weighted by Crippen LogP contribution is -2.44. The maximum atomic E-state index is 10.6. The molecular weight excluding hydrogens is 461 g/mol. The van der Waals surface area contributed by atoms with E-state index in [1.165, 1.54) is 5.56 Å². The number of ether oxygens (including phenoxy) is 1. The molecule has 0 radical (unpaired) electrons. The predicted molar refractivity (Wildman–Crippen MR) is 120 cm³/mol. The first kappa shape index (κ1) is 26.7. The Bertz CT molecular complexity index is 965. The number of hydrogen-bond acceptors (Lipinski definition) is 6. The average Bonchev–Trinajstić information content (AvgIpc) is 2.74. The minimum absolute atomic E-state index is 0.290. The van der Waals surface area contributed by atoms with E-state index in [4.69, 9.17) is 26.2 Å². The van der Waals surface area contributed by atoms with Gasteiger partial charge in [0, 0.05) is 26.2 Å². The summed E-state index contributed by atoms with van der Waals surface area (Å²) >= 11 is 6.13. The van der Waals surface area contributed by atoms with Crippen LogP contribution in [0.1, 0.15) is 42.1 Å². The molecule has 2 heterocycles. The number of rotatable bonds is 5. The van der Waals surface area contributed by atoms with Gasteiger partial charge in [0.1, 0.15) is 18.2 Å². The summed E-state index contributed by atoms with van der Waals surface area (Å²) in [6.07, 6.45) is -5.08. The predicted octanol–water partition coefficient (Wildman–Crippen LogP) is 4.49. The summed E-state index contributed by atoms with van der Waals surface area (Å²) in [5.74, 6) is -0.485. The largest absolute Gasteiger partial charge is 0.490 e. The molecule has 1 aromatic heterocycles. The molecular formula is C22H28ClF3N4O3. The summed E-state index contributed by atoms with van der Waals surface area (Å²) in [5.41, 5.74) is 4.28. The second-order valence-corrected chi connectivity index (χ2v) is 8.23. The van der Waals surface area contributed by atoms with Crippen LogP contribution >= 0.6 is 11.6 Å². The van der Waals surface area contributed by atoms with Gasteiger partial charge < -0.3 is 20.1 Å². The van der Waals surface area contributed by atoms with Crippen LogP contribution < -0.4 is 15.0 Å². The summed E-state index contributed by atoms with van der Waals surface area (Å²) < 4.78 is 37.9. The zero-order chi connectivity index (χ0) is 24.8. The molecule has 11 heteroatoms. The number of halogens is 4. The van der Waals surface area contributed by atoms with E-state index in [0.29, 0.717) is 12.5 Å². The standard InChI is InChI=1S/C20H27ClN4O.C2HF3O2/c1-13(2)16-6-5-14(3)18(11-16)26-12-17-15(4)23-20(21)24-19(17)25-9-7-22-8-10-25;3-2(4,5)1(6)7/h5-6,11,13,22H,7-10,12H2,1-4H3;(H,6,7). The zero-order valence-electron chi connectivity index (χ0n) is 19.0. The maximum absolute atomic E-state index is 10.6. The van der Waals surface area contributed by atoms with Crippen LogP contribution in [-0.2, 0) is 11.4 Å². The molecule has 0 amide bonds. The zero-order valence-corrected chi connectivity index (χ0v) is 19.7. The number of nitrogens with one attached hydrogen (secondary N) is 1. The van der Waals surface area contributed by atoms with Crippen LogP contribution in [-0.4, -0.2) is 53.4 Å². The van der Waals surface area contributed by atoms with E-state index >= 15 is 0 Å². The number of aryl methyl sites for hydroxylation is 2. The van der Waals surface area contributed by atoms with Crippen LogP contribution in [0.3, 0.4) is 0 Å². The first-order valence-corrected chi connectivity index (χ1v) is 10.8. The molecule has 2 N–H and O–H groups in total. The van der Waals surface area contributed by atoms with Gasteiger partial charge >= 0.3 is 12.1 Å².